The van der Waals surface area contributed by atoms with Crippen molar-refractivity contribution in [2.45, 2.75) is 103 Å². The van der Waals surface area contributed by atoms with Crippen molar-refractivity contribution in [3.05, 3.63) is 0 Å². The number of rotatable bonds is 15. The fraction of sp³-hybridized carbons (Fsp3) is 1.00. The molecule has 0 aliphatic heterocycles. The summed E-state index contributed by atoms with van der Waals surface area (Å²) in [4.78, 5) is 0. The molecule has 1 unspecified atom stereocenters. The van der Waals surface area contributed by atoms with Crippen LogP contribution in [-0.2, 0) is 14.6 Å². The van der Waals surface area contributed by atoms with E-state index in [9.17, 15) is 13.0 Å². The zero-order valence-electron chi connectivity index (χ0n) is 14.8. The maximum Gasteiger partial charge on any atom is 1.00 e. The van der Waals surface area contributed by atoms with Gasteiger partial charge in [-0.25, -0.2) is 8.42 Å². The van der Waals surface area contributed by atoms with Crippen molar-refractivity contribution < 1.29 is 46.7 Å². The third-order valence-electron chi connectivity index (χ3n) is 3.76. The average Bonchev–Trinajstić information content (AvgIpc) is 2.40. The summed E-state index contributed by atoms with van der Waals surface area (Å²) in [5, 5.41) is 0. The molecule has 0 aromatic rings. The molecule has 4 nitrogen and oxygen atoms in total. The molecule has 0 amide bonds. The van der Waals surface area contributed by atoms with Crippen LogP contribution in [0.15, 0.2) is 0 Å². The van der Waals surface area contributed by atoms with Crippen LogP contribution in [0.3, 0.4) is 0 Å². The van der Waals surface area contributed by atoms with Gasteiger partial charge in [-0.1, -0.05) is 84.5 Å². The van der Waals surface area contributed by atoms with Gasteiger partial charge in [0.2, 0.25) is 10.4 Å². The average molecular weight is 344 g/mol. The molecule has 0 aliphatic rings. The summed E-state index contributed by atoms with van der Waals surface area (Å²) >= 11 is 0. The van der Waals surface area contributed by atoms with Crippen molar-refractivity contribution in [2.24, 2.45) is 0 Å². The van der Waals surface area contributed by atoms with E-state index in [1.54, 1.807) is 0 Å². The van der Waals surface area contributed by atoms with E-state index in [1.165, 1.54) is 32.1 Å². The van der Waals surface area contributed by atoms with Crippen LogP contribution >= 0.6 is 0 Å². The van der Waals surface area contributed by atoms with Gasteiger partial charge in [0.25, 0.3) is 0 Å². The summed E-state index contributed by atoms with van der Waals surface area (Å²) in [7, 11) is -4.57. The smallest absolute Gasteiger partial charge is 0.726 e. The third kappa shape index (κ3) is 18.9. The van der Waals surface area contributed by atoms with Crippen molar-refractivity contribution in [1.82, 2.24) is 0 Å². The molecule has 22 heavy (non-hydrogen) atoms. The molecule has 0 fully saturated rings. The van der Waals surface area contributed by atoms with Crippen LogP contribution in [-0.4, -0.2) is 19.1 Å². The van der Waals surface area contributed by atoms with Crippen LogP contribution in [0.2, 0.25) is 0 Å². The molecular formula is C16H33NaO4S. The Kier molecular flexibility index (Phi) is 19.1. The van der Waals surface area contributed by atoms with Gasteiger partial charge < -0.3 is 4.55 Å². The molecule has 0 rings (SSSR count). The number of hydrogen-bond acceptors (Lipinski definition) is 4. The van der Waals surface area contributed by atoms with Crippen LogP contribution in [0.1, 0.15) is 97.3 Å². The topological polar surface area (TPSA) is 66.4 Å². The first-order valence-corrected chi connectivity index (χ1v) is 9.97. The molecule has 0 saturated heterocycles. The van der Waals surface area contributed by atoms with E-state index in [-0.39, 0.29) is 29.6 Å². The normalized spacial score (nSPS) is 12.9. The van der Waals surface area contributed by atoms with Crippen LogP contribution in [0, 0.1) is 0 Å². The summed E-state index contributed by atoms with van der Waals surface area (Å²) in [5.41, 5.74) is 0. The predicted octanol–water partition coefficient (Wildman–Crippen LogP) is 1.95. The molecule has 0 spiro atoms. The zero-order valence-corrected chi connectivity index (χ0v) is 17.6. The molecule has 0 heterocycles. The van der Waals surface area contributed by atoms with Crippen molar-refractivity contribution in [3.63, 3.8) is 0 Å². The first-order chi connectivity index (χ1) is 9.99. The van der Waals surface area contributed by atoms with E-state index in [0.717, 1.165) is 38.5 Å². The van der Waals surface area contributed by atoms with Crippen molar-refractivity contribution in [2.75, 3.05) is 0 Å². The SMILES string of the molecule is CCCCCCCCCC(CCCCCC)OS(=O)(=O)[O-].[Na+]. The van der Waals surface area contributed by atoms with Crippen LogP contribution in [0.4, 0.5) is 0 Å². The molecular weight excluding hydrogens is 311 g/mol. The largest absolute Gasteiger partial charge is 1.00 e. The first kappa shape index (κ1) is 25.1. The molecule has 128 valence electrons. The maximum atomic E-state index is 10.8. The molecule has 0 radical (unpaired) electrons. The van der Waals surface area contributed by atoms with E-state index >= 15 is 0 Å². The Labute approximate surface area is 160 Å². The zero-order chi connectivity index (χ0) is 16.0. The standard InChI is InChI=1S/C16H34O4S.Na/c1-3-5-7-9-10-11-13-15-16(20-21(17,18)19)14-12-8-6-4-2;/h16H,3-15H2,1-2H3,(H,17,18,19);/q;+1/p-1. The fourth-order valence-electron chi connectivity index (χ4n) is 2.54. The summed E-state index contributed by atoms with van der Waals surface area (Å²) in [6.45, 7) is 4.33. The van der Waals surface area contributed by atoms with Gasteiger partial charge in [0.1, 0.15) is 0 Å². The van der Waals surface area contributed by atoms with Crippen LogP contribution < -0.4 is 29.6 Å². The molecule has 0 saturated carbocycles. The van der Waals surface area contributed by atoms with Crippen molar-refractivity contribution in [3.8, 4) is 0 Å². The number of unbranched alkanes of at least 4 members (excludes halogenated alkanes) is 9. The Morgan fingerprint density at radius 1 is 0.773 bits per heavy atom. The van der Waals surface area contributed by atoms with E-state index in [4.69, 9.17) is 0 Å². The molecule has 0 aliphatic carbocycles. The minimum atomic E-state index is -4.57. The quantitative estimate of drug-likeness (QED) is 0.197. The Morgan fingerprint density at radius 3 is 1.55 bits per heavy atom. The molecule has 0 N–H and O–H groups in total. The van der Waals surface area contributed by atoms with Gasteiger partial charge in [-0.05, 0) is 12.8 Å². The summed E-state index contributed by atoms with van der Waals surface area (Å²) in [6, 6.07) is 0. The second kappa shape index (κ2) is 16.7. The second-order valence-electron chi connectivity index (χ2n) is 5.89. The summed E-state index contributed by atoms with van der Waals surface area (Å²) in [6.07, 6.45) is 13.5. The van der Waals surface area contributed by atoms with Gasteiger partial charge >= 0.3 is 29.6 Å². The van der Waals surface area contributed by atoms with Gasteiger partial charge in [-0.2, -0.15) is 0 Å². The number of hydrogen-bond donors (Lipinski definition) is 0. The van der Waals surface area contributed by atoms with E-state index in [2.05, 4.69) is 18.0 Å². The predicted molar refractivity (Wildman–Crippen MR) is 85.9 cm³/mol. The van der Waals surface area contributed by atoms with Crippen LogP contribution in [0.5, 0.6) is 0 Å². The Bertz CT molecular complexity index is 320. The maximum absolute atomic E-state index is 10.8. The summed E-state index contributed by atoms with van der Waals surface area (Å²) in [5.74, 6) is 0. The van der Waals surface area contributed by atoms with Crippen molar-refractivity contribution in [1.29, 1.82) is 0 Å². The Balaban J connectivity index is 0. The molecule has 1 atom stereocenters. The van der Waals surface area contributed by atoms with Crippen molar-refractivity contribution >= 4 is 10.4 Å². The Morgan fingerprint density at radius 2 is 1.14 bits per heavy atom. The Hall–Kier alpha value is 0.870. The fourth-order valence-corrected chi connectivity index (χ4v) is 3.06. The third-order valence-corrected chi connectivity index (χ3v) is 4.27. The van der Waals surface area contributed by atoms with E-state index < -0.39 is 16.5 Å². The monoisotopic (exact) mass is 344 g/mol. The minimum Gasteiger partial charge on any atom is -0.726 e. The molecule has 6 heteroatoms. The summed E-state index contributed by atoms with van der Waals surface area (Å²) < 4.78 is 37.0. The molecule has 0 bridgehead atoms. The molecule has 0 aromatic heterocycles. The van der Waals surface area contributed by atoms with E-state index in [0.29, 0.717) is 12.8 Å². The van der Waals surface area contributed by atoms with Gasteiger partial charge in [0, 0.05) is 0 Å². The molecule has 0 aromatic carbocycles. The van der Waals surface area contributed by atoms with Gasteiger partial charge in [0.05, 0.1) is 6.10 Å². The van der Waals surface area contributed by atoms with Gasteiger partial charge in [-0.15, -0.1) is 0 Å². The minimum absolute atomic E-state index is 0. The van der Waals surface area contributed by atoms with E-state index in [1.807, 2.05) is 0 Å². The van der Waals surface area contributed by atoms with Gasteiger partial charge in [-0.3, -0.25) is 4.18 Å². The second-order valence-corrected chi connectivity index (χ2v) is 6.89. The van der Waals surface area contributed by atoms with Crippen LogP contribution in [0.25, 0.3) is 0 Å². The first-order valence-electron chi connectivity index (χ1n) is 8.63. The van der Waals surface area contributed by atoms with Gasteiger partial charge in [0.15, 0.2) is 0 Å².